The Morgan fingerprint density at radius 2 is 1.38 bits per heavy atom. The van der Waals surface area contributed by atoms with Crippen LogP contribution < -0.4 is 0 Å². The lowest BCUT2D eigenvalue weighted by Gasteiger charge is -2.47. The normalized spacial score (nSPS) is 50.9. The molecule has 0 bridgehead atoms. The van der Waals surface area contributed by atoms with Crippen molar-refractivity contribution in [1.29, 1.82) is 0 Å². The van der Waals surface area contributed by atoms with Gasteiger partial charge in [-0.3, -0.25) is 4.74 Å². The smallest absolute Gasteiger partial charge is 0.313 e. The number of rotatable bonds is 4. The molecular weight excluding hydrogens is 336 g/mol. The molecule has 0 aliphatic carbocycles. The maximum absolute atomic E-state index is 10.2. The first-order chi connectivity index (χ1) is 11.2. The van der Waals surface area contributed by atoms with Gasteiger partial charge in [-0.25, -0.2) is 0 Å². The molecule has 0 aromatic heterocycles. The number of aliphatic hydroxyl groups is 9. The lowest BCUT2D eigenvalue weighted by atomic mass is 9.97. The maximum atomic E-state index is 10.2. The summed E-state index contributed by atoms with van der Waals surface area (Å²) in [7, 11) is 0. The predicted octanol–water partition coefficient (Wildman–Crippen LogP) is -5.91. The number of ether oxygens (including phenoxy) is 3. The summed E-state index contributed by atoms with van der Waals surface area (Å²) >= 11 is 0. The van der Waals surface area contributed by atoms with E-state index in [0.29, 0.717) is 0 Å². The fraction of sp³-hybridized carbons (Fsp3) is 0.917. The first kappa shape index (κ1) is 19.8. The first-order valence-electron chi connectivity index (χ1n) is 7.09. The lowest BCUT2D eigenvalue weighted by Crippen LogP contribution is -2.67. The van der Waals surface area contributed by atoms with Crippen molar-refractivity contribution >= 4 is 0 Å². The second kappa shape index (κ2) is 7.41. The average molecular weight is 357 g/mol. The molecule has 0 aromatic rings. The molecule has 2 heterocycles. The van der Waals surface area contributed by atoms with E-state index in [0.717, 1.165) is 0 Å². The van der Waals surface area contributed by atoms with Crippen LogP contribution in [0.3, 0.4) is 0 Å². The molecule has 2 fully saturated rings. The molecule has 2 rings (SSSR count). The summed E-state index contributed by atoms with van der Waals surface area (Å²) in [4.78, 5) is 0. The topological polar surface area (TPSA) is 210 Å². The molecule has 1 unspecified atom stereocenters. The minimum atomic E-state index is -3.05. The molecule has 9 atom stereocenters. The highest BCUT2D eigenvalue weighted by atomic mass is 16.9. The van der Waals surface area contributed by atoms with Gasteiger partial charge in [0, 0.05) is 0 Å². The van der Waals surface area contributed by atoms with Crippen molar-refractivity contribution in [1.82, 2.24) is 0 Å². The van der Waals surface area contributed by atoms with Crippen LogP contribution in [0.1, 0.15) is 0 Å². The van der Waals surface area contributed by atoms with Crippen LogP contribution in [0.25, 0.3) is 0 Å². The van der Waals surface area contributed by atoms with Crippen LogP contribution in [0.5, 0.6) is 0 Å². The van der Waals surface area contributed by atoms with Crippen molar-refractivity contribution in [2.24, 2.45) is 0 Å². The fourth-order valence-electron chi connectivity index (χ4n) is 2.42. The molecule has 24 heavy (non-hydrogen) atoms. The quantitative estimate of drug-likeness (QED) is 0.215. The van der Waals surface area contributed by atoms with Gasteiger partial charge in [0.15, 0.2) is 6.10 Å². The number of hydrogen-bond donors (Lipinski definition) is 9. The Hall–Kier alpha value is -0.480. The van der Waals surface area contributed by atoms with Crippen molar-refractivity contribution in [3.8, 4) is 0 Å². The van der Waals surface area contributed by atoms with Crippen molar-refractivity contribution < 1.29 is 60.2 Å². The molecule has 2 aliphatic heterocycles. The lowest BCUT2D eigenvalue weighted by molar-refractivity contribution is -0.465. The van der Waals surface area contributed by atoms with E-state index in [2.05, 4.69) is 0 Å². The van der Waals surface area contributed by atoms with Gasteiger partial charge in [0.25, 0.3) is 6.29 Å². The molecule has 9 N–H and O–H groups in total. The third-order valence-electron chi connectivity index (χ3n) is 3.92. The van der Waals surface area contributed by atoms with Crippen LogP contribution in [0.4, 0.5) is 0 Å². The van der Waals surface area contributed by atoms with Crippen LogP contribution >= 0.6 is 0 Å². The summed E-state index contributed by atoms with van der Waals surface area (Å²) in [5.41, 5.74) is 0. The number of aliphatic hydroxyl groups excluding tert-OH is 8. The van der Waals surface area contributed by atoms with Crippen molar-refractivity contribution in [3.05, 3.63) is 6.29 Å². The predicted molar refractivity (Wildman–Crippen MR) is 69.2 cm³/mol. The van der Waals surface area contributed by atoms with Gasteiger partial charge in [0.05, 0.1) is 13.2 Å². The Labute approximate surface area is 135 Å². The molecule has 0 saturated carbocycles. The molecular formula is C12H21O12. The SMILES string of the molecule is OC[C@H]1O[C](OC2(O)O[C@H](CO)[C@@H](O)[C@H](O)[C@@H]2O)[C@H](O)[C@H](O)[C@H]1O. The molecule has 0 amide bonds. The van der Waals surface area contributed by atoms with Gasteiger partial charge in [0.2, 0.25) is 0 Å². The Morgan fingerprint density at radius 1 is 0.833 bits per heavy atom. The third-order valence-corrected chi connectivity index (χ3v) is 3.92. The highest BCUT2D eigenvalue weighted by Crippen LogP contribution is 2.36. The van der Waals surface area contributed by atoms with Gasteiger partial charge in [-0.1, -0.05) is 0 Å². The highest BCUT2D eigenvalue weighted by molar-refractivity contribution is 5.00. The van der Waals surface area contributed by atoms with Gasteiger partial charge in [-0.2, -0.15) is 0 Å². The van der Waals surface area contributed by atoms with Crippen LogP contribution in [0.15, 0.2) is 0 Å². The molecule has 2 aliphatic rings. The number of hydrogen-bond acceptors (Lipinski definition) is 12. The van der Waals surface area contributed by atoms with Crippen molar-refractivity contribution in [2.75, 3.05) is 13.2 Å². The zero-order valence-electron chi connectivity index (χ0n) is 12.3. The van der Waals surface area contributed by atoms with Crippen LogP contribution in [-0.4, -0.2) is 114 Å². The van der Waals surface area contributed by atoms with E-state index in [1.165, 1.54) is 0 Å². The molecule has 1 radical (unpaired) electrons. The van der Waals surface area contributed by atoms with Gasteiger partial charge < -0.3 is 55.4 Å². The van der Waals surface area contributed by atoms with Gasteiger partial charge in [-0.05, 0) is 0 Å². The van der Waals surface area contributed by atoms with Crippen molar-refractivity contribution in [2.45, 2.75) is 54.8 Å². The maximum Gasteiger partial charge on any atom is 0.313 e. The Kier molecular flexibility index (Phi) is 6.12. The molecule has 12 heteroatoms. The van der Waals surface area contributed by atoms with E-state index in [4.69, 9.17) is 24.4 Å². The first-order valence-corrected chi connectivity index (χ1v) is 7.09. The summed E-state index contributed by atoms with van der Waals surface area (Å²) < 4.78 is 14.5. The molecule has 141 valence electrons. The minimum Gasteiger partial charge on any atom is -0.394 e. The molecule has 0 spiro atoms. The fourth-order valence-corrected chi connectivity index (χ4v) is 2.42. The zero-order chi connectivity index (χ0) is 18.2. The van der Waals surface area contributed by atoms with E-state index in [-0.39, 0.29) is 0 Å². The second-order valence-electron chi connectivity index (χ2n) is 5.58. The van der Waals surface area contributed by atoms with Crippen molar-refractivity contribution in [3.63, 3.8) is 0 Å². The summed E-state index contributed by atoms with van der Waals surface area (Å²) in [6.45, 7) is -1.63. The molecule has 2 saturated heterocycles. The molecule has 0 aromatic carbocycles. The van der Waals surface area contributed by atoms with E-state index in [1.54, 1.807) is 0 Å². The highest BCUT2D eigenvalue weighted by Gasteiger charge is 2.57. The monoisotopic (exact) mass is 357 g/mol. The van der Waals surface area contributed by atoms with E-state index < -0.39 is 74.3 Å². The van der Waals surface area contributed by atoms with E-state index in [1.807, 2.05) is 0 Å². The van der Waals surface area contributed by atoms with E-state index in [9.17, 15) is 35.7 Å². The average Bonchev–Trinajstić information content (AvgIpc) is 2.57. The Bertz CT molecular complexity index is 419. The summed E-state index contributed by atoms with van der Waals surface area (Å²) in [5.74, 6) is -3.05. The summed E-state index contributed by atoms with van der Waals surface area (Å²) in [6.07, 6.45) is -15.3. The minimum absolute atomic E-state index is 0.778. The zero-order valence-corrected chi connectivity index (χ0v) is 12.3. The van der Waals surface area contributed by atoms with Crippen LogP contribution in [-0.2, 0) is 14.2 Å². The Morgan fingerprint density at radius 3 is 1.92 bits per heavy atom. The van der Waals surface area contributed by atoms with E-state index >= 15 is 0 Å². The van der Waals surface area contributed by atoms with Crippen LogP contribution in [0, 0.1) is 6.29 Å². The third kappa shape index (κ3) is 3.41. The van der Waals surface area contributed by atoms with Gasteiger partial charge >= 0.3 is 5.97 Å². The Balaban J connectivity index is 2.18. The summed E-state index contributed by atoms with van der Waals surface area (Å²) in [6, 6.07) is 0. The molecule has 12 nitrogen and oxygen atoms in total. The largest absolute Gasteiger partial charge is 0.394 e. The van der Waals surface area contributed by atoms with Crippen LogP contribution in [0.2, 0.25) is 0 Å². The summed E-state index contributed by atoms with van der Waals surface area (Å²) in [5, 5.41) is 86.6. The van der Waals surface area contributed by atoms with Gasteiger partial charge in [-0.15, -0.1) is 0 Å². The standard InChI is InChI=1S/C12H21O12/c13-1-3-5(15)7(17)9(19)11(22-3)24-12(21)10(20)8(18)6(16)4(2-14)23-12/h3-10,13-21H,1-2H2/t3-,4-,5+,6-,7-,8+,9-,10+,12?/m1/s1. The van der Waals surface area contributed by atoms with Gasteiger partial charge in [0.1, 0.15) is 42.7 Å². The second-order valence-corrected chi connectivity index (χ2v) is 5.58.